The molecular weight excluding hydrogens is 427 g/mol. The first kappa shape index (κ1) is 26.5. The monoisotopic (exact) mass is 469 g/mol. The van der Waals surface area contributed by atoms with Crippen molar-refractivity contribution >= 4 is 13.1 Å². The topological polar surface area (TPSA) is 9.23 Å². The van der Waals surface area contributed by atoms with E-state index in [2.05, 4.69) is 140 Å². The number of unbranched alkanes of at least 4 members (excludes halogenated alkanes) is 1. The SMILES string of the molecule is CCCCC(C)(C)C(/C=[CH]/[Al-]([CH3])([CH3])[CH3])OC(c1ccccc1)(c1ccccc1)c1ccccc1. The summed E-state index contributed by atoms with van der Waals surface area (Å²) >= 11 is -1.70. The maximum atomic E-state index is 7.49. The molecule has 0 spiro atoms. The Kier molecular flexibility index (Phi) is 9.00. The molecule has 1 unspecified atom stereocenters. The molecule has 0 saturated carbocycles. The molecule has 0 aliphatic rings. The van der Waals surface area contributed by atoms with Gasteiger partial charge in [0.15, 0.2) is 0 Å². The summed E-state index contributed by atoms with van der Waals surface area (Å²) in [6.45, 7) is 7.01. The molecule has 3 rings (SSSR count). The average Bonchev–Trinajstić information content (AvgIpc) is 2.84. The van der Waals surface area contributed by atoms with Gasteiger partial charge in [-0.15, -0.1) is 6.08 Å². The summed E-state index contributed by atoms with van der Waals surface area (Å²) in [7, 11) is 0. The Morgan fingerprint density at radius 2 is 1.15 bits per heavy atom. The van der Waals surface area contributed by atoms with Gasteiger partial charge in [-0.1, -0.05) is 125 Å². The standard InChI is InChI=1S/C29H33O.3CH3.Al/c1-5-7-23-28(3,4)27(6-2)30-29(24-17-11-8-12-18-24,25-19-13-9-14-20-25)26-21-15-10-16-22-26;;;;/h2,6,8-22,27H,5,7,23H2,1,3-4H3;3*1H3;/q;;;;-1. The summed E-state index contributed by atoms with van der Waals surface area (Å²) in [5.41, 5.74) is 2.78. The van der Waals surface area contributed by atoms with Gasteiger partial charge in [0.05, 0.1) is 6.10 Å². The third-order valence-corrected chi connectivity index (χ3v) is 8.03. The van der Waals surface area contributed by atoms with E-state index in [9.17, 15) is 0 Å². The highest BCUT2D eigenvalue weighted by atomic mass is 27.2. The second-order valence-electron chi connectivity index (χ2n) is 11.5. The Bertz CT molecular complexity index is 920. The lowest BCUT2D eigenvalue weighted by Crippen LogP contribution is -2.42. The Morgan fingerprint density at radius 3 is 1.50 bits per heavy atom. The maximum Gasteiger partial charge on any atom is 0.149 e. The molecule has 3 aromatic rings. The average molecular weight is 470 g/mol. The van der Waals surface area contributed by atoms with Crippen LogP contribution in [0.25, 0.3) is 0 Å². The number of hydrogen-bond donors (Lipinski definition) is 0. The Balaban J connectivity index is 2.26. The van der Waals surface area contributed by atoms with E-state index < -0.39 is 18.7 Å². The van der Waals surface area contributed by atoms with Crippen LogP contribution in [-0.4, -0.2) is 19.2 Å². The van der Waals surface area contributed by atoms with Gasteiger partial charge in [0.2, 0.25) is 0 Å². The molecule has 0 saturated heterocycles. The highest BCUT2D eigenvalue weighted by Gasteiger charge is 2.42. The summed E-state index contributed by atoms with van der Waals surface area (Å²) in [4.78, 5) is 2.48. The number of rotatable bonds is 11. The normalized spacial score (nSPS) is 13.8. The fourth-order valence-electron chi connectivity index (χ4n) is 4.58. The van der Waals surface area contributed by atoms with Crippen LogP contribution in [0.15, 0.2) is 102 Å². The molecule has 34 heavy (non-hydrogen) atoms. The van der Waals surface area contributed by atoms with Crippen LogP contribution < -0.4 is 0 Å². The molecule has 1 nitrogen and oxygen atoms in total. The van der Waals surface area contributed by atoms with E-state index in [1.165, 1.54) is 12.8 Å². The van der Waals surface area contributed by atoms with E-state index in [-0.39, 0.29) is 11.5 Å². The van der Waals surface area contributed by atoms with E-state index in [1.807, 2.05) is 0 Å². The minimum absolute atomic E-state index is 0.000229. The van der Waals surface area contributed by atoms with Crippen molar-refractivity contribution in [2.24, 2.45) is 5.41 Å². The van der Waals surface area contributed by atoms with E-state index in [0.29, 0.717) is 0 Å². The second-order valence-corrected chi connectivity index (χ2v) is 17.4. The zero-order valence-electron chi connectivity index (χ0n) is 22.0. The minimum atomic E-state index is -1.70. The first-order chi connectivity index (χ1) is 16.2. The van der Waals surface area contributed by atoms with Crippen LogP contribution in [0.1, 0.15) is 56.7 Å². The lowest BCUT2D eigenvalue weighted by atomic mass is 9.77. The third kappa shape index (κ3) is 6.51. The quantitative estimate of drug-likeness (QED) is 0.201. The predicted octanol–water partition coefficient (Wildman–Crippen LogP) is 9.01. The number of benzene rings is 3. The Labute approximate surface area is 210 Å². The van der Waals surface area contributed by atoms with Gasteiger partial charge in [0.1, 0.15) is 18.7 Å². The molecule has 180 valence electrons. The molecular formula is C32H42AlO-. The van der Waals surface area contributed by atoms with E-state index in [1.54, 1.807) is 0 Å². The molecule has 0 fully saturated rings. The molecule has 3 aromatic carbocycles. The molecule has 0 N–H and O–H groups in total. The summed E-state index contributed by atoms with van der Waals surface area (Å²) < 4.78 is 7.49. The molecule has 1 atom stereocenters. The van der Waals surface area contributed by atoms with Crippen molar-refractivity contribution < 1.29 is 4.74 Å². The van der Waals surface area contributed by atoms with Gasteiger partial charge < -0.3 is 4.74 Å². The Morgan fingerprint density at radius 1 is 0.735 bits per heavy atom. The highest BCUT2D eigenvalue weighted by molar-refractivity contribution is 6.80. The molecule has 0 amide bonds. The van der Waals surface area contributed by atoms with Crippen LogP contribution in [0.5, 0.6) is 0 Å². The maximum absolute atomic E-state index is 7.49. The summed E-state index contributed by atoms with van der Waals surface area (Å²) in [5.74, 6) is 7.25. The fraction of sp³-hybridized carbons (Fsp3) is 0.375. The van der Waals surface area contributed by atoms with Crippen molar-refractivity contribution in [2.45, 2.75) is 69.1 Å². The molecule has 0 aromatic heterocycles. The van der Waals surface area contributed by atoms with Crippen molar-refractivity contribution in [1.29, 1.82) is 0 Å². The van der Waals surface area contributed by atoms with Gasteiger partial charge in [-0.25, -0.2) is 0 Å². The minimum Gasteiger partial charge on any atom is -0.353 e. The van der Waals surface area contributed by atoms with E-state index >= 15 is 0 Å². The van der Waals surface area contributed by atoms with Gasteiger partial charge in [-0.2, -0.15) is 17.4 Å². The smallest absolute Gasteiger partial charge is 0.149 e. The zero-order valence-corrected chi connectivity index (χ0v) is 23.2. The van der Waals surface area contributed by atoms with Gasteiger partial charge in [0.25, 0.3) is 0 Å². The molecule has 0 aliphatic heterocycles. The molecule has 0 radical (unpaired) electrons. The van der Waals surface area contributed by atoms with Crippen molar-refractivity contribution in [3.63, 3.8) is 0 Å². The lowest BCUT2D eigenvalue weighted by molar-refractivity contribution is -0.0777. The van der Waals surface area contributed by atoms with Gasteiger partial charge in [0, 0.05) is 0 Å². The molecule has 0 heterocycles. The lowest BCUT2D eigenvalue weighted by Gasteiger charge is -2.43. The zero-order chi connectivity index (χ0) is 24.7. The van der Waals surface area contributed by atoms with Crippen LogP contribution in [0.2, 0.25) is 17.4 Å². The first-order valence-corrected chi connectivity index (χ1v) is 17.1. The molecule has 0 aliphatic carbocycles. The summed E-state index contributed by atoms with van der Waals surface area (Å²) in [6, 6.07) is 32.2. The number of hydrogen-bond acceptors (Lipinski definition) is 1. The van der Waals surface area contributed by atoms with Crippen molar-refractivity contribution in [3.8, 4) is 0 Å². The van der Waals surface area contributed by atoms with Crippen LogP contribution in [0, 0.1) is 5.41 Å². The molecule has 0 bridgehead atoms. The van der Waals surface area contributed by atoms with Crippen molar-refractivity contribution in [3.05, 3.63) is 119 Å². The predicted molar refractivity (Wildman–Crippen MR) is 150 cm³/mol. The van der Waals surface area contributed by atoms with Crippen molar-refractivity contribution in [2.75, 3.05) is 0 Å². The number of ether oxygens (including phenoxy) is 1. The van der Waals surface area contributed by atoms with E-state index in [4.69, 9.17) is 4.74 Å². The fourth-order valence-corrected chi connectivity index (χ4v) is 5.45. The van der Waals surface area contributed by atoms with Crippen LogP contribution in [0.4, 0.5) is 0 Å². The second kappa shape index (κ2) is 11.5. The third-order valence-electron chi connectivity index (χ3n) is 6.65. The first-order valence-electron chi connectivity index (χ1n) is 13.0. The van der Waals surface area contributed by atoms with E-state index in [0.717, 1.165) is 23.1 Å². The van der Waals surface area contributed by atoms with Crippen LogP contribution >= 0.6 is 0 Å². The van der Waals surface area contributed by atoms with Crippen LogP contribution in [-0.2, 0) is 10.3 Å². The van der Waals surface area contributed by atoms with Gasteiger partial charge in [-0.3, -0.25) is 4.94 Å². The van der Waals surface area contributed by atoms with Crippen LogP contribution in [0.3, 0.4) is 0 Å². The molecule has 2 heteroatoms. The van der Waals surface area contributed by atoms with Gasteiger partial charge >= 0.3 is 0 Å². The summed E-state index contributed by atoms with van der Waals surface area (Å²) in [6.07, 6.45) is 5.88. The Hall–Kier alpha value is -2.11. The van der Waals surface area contributed by atoms with Gasteiger partial charge in [-0.05, 0) is 28.5 Å². The largest absolute Gasteiger partial charge is 0.353 e. The van der Waals surface area contributed by atoms with Crippen molar-refractivity contribution in [1.82, 2.24) is 0 Å². The highest BCUT2D eigenvalue weighted by Crippen LogP contribution is 2.45. The summed E-state index contributed by atoms with van der Waals surface area (Å²) in [5, 5.41) is 0.